The van der Waals surface area contributed by atoms with Gasteiger partial charge in [-0.05, 0) is 37.6 Å². The first-order valence-corrected chi connectivity index (χ1v) is 8.98. The molecule has 1 aromatic heterocycles. The lowest BCUT2D eigenvalue weighted by Crippen LogP contribution is -2.38. The predicted octanol–water partition coefficient (Wildman–Crippen LogP) is 4.40. The van der Waals surface area contributed by atoms with Crippen molar-refractivity contribution in [2.75, 3.05) is 6.54 Å². The monoisotopic (exact) mass is 294 g/mol. The van der Waals surface area contributed by atoms with E-state index < -0.39 is 0 Å². The maximum Gasteiger partial charge on any atom is 0.0944 e. The molecule has 0 spiro atoms. The van der Waals surface area contributed by atoms with Gasteiger partial charge < -0.3 is 5.32 Å². The van der Waals surface area contributed by atoms with Crippen molar-refractivity contribution in [1.82, 2.24) is 10.3 Å². The Morgan fingerprint density at radius 1 is 1.40 bits per heavy atom. The third-order valence-corrected chi connectivity index (χ3v) is 5.24. The van der Waals surface area contributed by atoms with E-state index in [9.17, 15) is 0 Å². The van der Waals surface area contributed by atoms with Crippen LogP contribution in [0.15, 0.2) is 5.38 Å². The first-order valence-electron chi connectivity index (χ1n) is 8.10. The highest BCUT2D eigenvalue weighted by Gasteiger charge is 2.33. The third kappa shape index (κ3) is 4.29. The lowest BCUT2D eigenvalue weighted by molar-refractivity contribution is 0.339. The van der Waals surface area contributed by atoms with Gasteiger partial charge in [0.15, 0.2) is 0 Å². The molecule has 3 heteroatoms. The van der Waals surface area contributed by atoms with Crippen LogP contribution in [0, 0.1) is 11.8 Å². The molecule has 0 aliphatic heterocycles. The van der Waals surface area contributed by atoms with Crippen LogP contribution in [0.1, 0.15) is 64.6 Å². The fraction of sp³-hybridized carbons (Fsp3) is 0.824. The number of thiazole rings is 1. The zero-order valence-corrected chi connectivity index (χ0v) is 14.5. The van der Waals surface area contributed by atoms with Crippen molar-refractivity contribution in [3.8, 4) is 0 Å². The van der Waals surface area contributed by atoms with Gasteiger partial charge in [0, 0.05) is 23.3 Å². The van der Waals surface area contributed by atoms with Crippen molar-refractivity contribution >= 4 is 11.3 Å². The van der Waals surface area contributed by atoms with E-state index in [-0.39, 0.29) is 5.41 Å². The quantitative estimate of drug-likeness (QED) is 0.806. The van der Waals surface area contributed by atoms with Crippen LogP contribution in [0.25, 0.3) is 0 Å². The van der Waals surface area contributed by atoms with Crippen LogP contribution in [0.5, 0.6) is 0 Å². The Kier molecular flexibility index (Phi) is 5.25. The molecule has 1 saturated carbocycles. The Morgan fingerprint density at radius 3 is 2.60 bits per heavy atom. The lowest BCUT2D eigenvalue weighted by Gasteiger charge is -2.24. The first kappa shape index (κ1) is 16.0. The number of nitrogens with one attached hydrogen (secondary N) is 1. The van der Waals surface area contributed by atoms with Crippen LogP contribution < -0.4 is 5.32 Å². The molecule has 114 valence electrons. The topological polar surface area (TPSA) is 24.9 Å². The predicted molar refractivity (Wildman–Crippen MR) is 88.5 cm³/mol. The summed E-state index contributed by atoms with van der Waals surface area (Å²) in [5.41, 5.74) is 1.41. The standard InChI is InChI=1S/C17H30N2S/c1-6-9-18-14(12(2)13-7-8-13)10-16-19-15(11-20-16)17(3,4)5/h11-14,18H,6-10H2,1-5H3. The van der Waals surface area contributed by atoms with Gasteiger partial charge in [-0.3, -0.25) is 0 Å². The summed E-state index contributed by atoms with van der Waals surface area (Å²) in [5.74, 6) is 1.73. The molecule has 0 bridgehead atoms. The second-order valence-corrected chi connectivity index (χ2v) is 8.28. The van der Waals surface area contributed by atoms with E-state index in [2.05, 4.69) is 45.3 Å². The van der Waals surface area contributed by atoms with Crippen molar-refractivity contribution in [3.05, 3.63) is 16.1 Å². The minimum Gasteiger partial charge on any atom is -0.313 e. The van der Waals surface area contributed by atoms with Gasteiger partial charge in [-0.1, -0.05) is 34.6 Å². The van der Waals surface area contributed by atoms with Gasteiger partial charge in [-0.2, -0.15) is 0 Å². The van der Waals surface area contributed by atoms with Crippen LogP contribution in [-0.4, -0.2) is 17.6 Å². The maximum absolute atomic E-state index is 4.87. The van der Waals surface area contributed by atoms with E-state index in [1.807, 2.05) is 11.3 Å². The number of hydrogen-bond donors (Lipinski definition) is 1. The van der Waals surface area contributed by atoms with Crippen LogP contribution in [0.2, 0.25) is 0 Å². The summed E-state index contributed by atoms with van der Waals surface area (Å²) in [6.45, 7) is 12.5. The van der Waals surface area contributed by atoms with Gasteiger partial charge in [0.2, 0.25) is 0 Å². The van der Waals surface area contributed by atoms with Gasteiger partial charge in [0.25, 0.3) is 0 Å². The van der Waals surface area contributed by atoms with Gasteiger partial charge in [0.05, 0.1) is 10.7 Å². The number of hydrogen-bond acceptors (Lipinski definition) is 3. The van der Waals surface area contributed by atoms with Crippen molar-refractivity contribution in [3.63, 3.8) is 0 Å². The second kappa shape index (κ2) is 6.57. The molecule has 1 fully saturated rings. The summed E-state index contributed by atoms with van der Waals surface area (Å²) in [5, 5.41) is 7.30. The molecule has 1 aliphatic rings. The molecule has 0 radical (unpaired) electrons. The summed E-state index contributed by atoms with van der Waals surface area (Å²) < 4.78 is 0. The first-order chi connectivity index (χ1) is 9.41. The number of aromatic nitrogens is 1. The van der Waals surface area contributed by atoms with E-state index in [1.165, 1.54) is 30.0 Å². The Labute approximate surface area is 128 Å². The molecule has 1 aromatic rings. The largest absolute Gasteiger partial charge is 0.313 e. The molecular weight excluding hydrogens is 264 g/mol. The van der Waals surface area contributed by atoms with E-state index in [4.69, 9.17) is 4.98 Å². The van der Waals surface area contributed by atoms with E-state index in [0.717, 1.165) is 24.8 Å². The van der Waals surface area contributed by atoms with Crippen molar-refractivity contribution < 1.29 is 0 Å². The highest BCUT2D eigenvalue weighted by atomic mass is 32.1. The minimum absolute atomic E-state index is 0.170. The summed E-state index contributed by atoms with van der Waals surface area (Å²) in [4.78, 5) is 4.87. The maximum atomic E-state index is 4.87. The summed E-state index contributed by atoms with van der Waals surface area (Å²) >= 11 is 1.84. The molecular formula is C17H30N2S. The zero-order valence-electron chi connectivity index (χ0n) is 13.7. The van der Waals surface area contributed by atoms with Crippen LogP contribution in [0.3, 0.4) is 0 Å². The second-order valence-electron chi connectivity index (χ2n) is 7.34. The third-order valence-electron chi connectivity index (χ3n) is 4.37. The van der Waals surface area contributed by atoms with Crippen molar-refractivity contribution in [1.29, 1.82) is 0 Å². The van der Waals surface area contributed by atoms with Crippen LogP contribution in [-0.2, 0) is 11.8 Å². The Morgan fingerprint density at radius 2 is 2.10 bits per heavy atom. The summed E-state index contributed by atoms with van der Waals surface area (Å²) in [7, 11) is 0. The highest BCUT2D eigenvalue weighted by molar-refractivity contribution is 7.09. The van der Waals surface area contributed by atoms with Gasteiger partial charge in [-0.25, -0.2) is 4.98 Å². The molecule has 1 aliphatic carbocycles. The molecule has 1 N–H and O–H groups in total. The normalized spacial score (nSPS) is 19.1. The molecule has 2 rings (SSSR count). The van der Waals surface area contributed by atoms with Crippen molar-refractivity contribution in [2.45, 2.75) is 71.8 Å². The van der Waals surface area contributed by atoms with Crippen molar-refractivity contribution in [2.24, 2.45) is 11.8 Å². The summed E-state index contributed by atoms with van der Waals surface area (Å²) in [6.07, 6.45) is 5.16. The van der Waals surface area contributed by atoms with Gasteiger partial charge in [0.1, 0.15) is 0 Å². The molecule has 20 heavy (non-hydrogen) atoms. The van der Waals surface area contributed by atoms with Gasteiger partial charge >= 0.3 is 0 Å². The average molecular weight is 295 g/mol. The van der Waals surface area contributed by atoms with Crippen LogP contribution in [0.4, 0.5) is 0 Å². The molecule has 2 atom stereocenters. The number of rotatable bonds is 7. The zero-order chi connectivity index (χ0) is 14.8. The van der Waals surface area contributed by atoms with E-state index >= 15 is 0 Å². The van der Waals surface area contributed by atoms with E-state index in [1.54, 1.807) is 0 Å². The van der Waals surface area contributed by atoms with Crippen LogP contribution >= 0.6 is 11.3 Å². The Bertz CT molecular complexity index is 415. The molecule has 0 amide bonds. The smallest absolute Gasteiger partial charge is 0.0944 e. The number of nitrogens with zero attached hydrogens (tertiary/aromatic N) is 1. The highest BCUT2D eigenvalue weighted by Crippen LogP contribution is 2.39. The Hall–Kier alpha value is -0.410. The fourth-order valence-electron chi connectivity index (χ4n) is 2.66. The van der Waals surface area contributed by atoms with Gasteiger partial charge in [-0.15, -0.1) is 11.3 Å². The van der Waals surface area contributed by atoms with E-state index in [0.29, 0.717) is 6.04 Å². The minimum atomic E-state index is 0.170. The summed E-state index contributed by atoms with van der Waals surface area (Å²) in [6, 6.07) is 0.599. The lowest BCUT2D eigenvalue weighted by atomic mass is 9.92. The fourth-order valence-corrected chi connectivity index (χ4v) is 3.74. The average Bonchev–Trinajstić information content (AvgIpc) is 3.11. The molecule has 1 heterocycles. The molecule has 0 saturated heterocycles. The molecule has 2 unspecified atom stereocenters. The Balaban J connectivity index is 2.00. The SMILES string of the molecule is CCCNC(Cc1nc(C(C)(C)C)cs1)C(C)C1CC1. The molecule has 0 aromatic carbocycles. The molecule has 2 nitrogen and oxygen atoms in total.